The smallest absolute Gasteiger partial charge is 0.509 e. The van der Waals surface area contributed by atoms with Gasteiger partial charge in [-0.05, 0) is 65.0 Å². The maximum atomic E-state index is 12.7. The van der Waals surface area contributed by atoms with E-state index < -0.39 is 85.4 Å². The van der Waals surface area contributed by atoms with Gasteiger partial charge in [0.1, 0.15) is 29.6 Å². The molecular weight excluding hydrogens is 906 g/mol. The van der Waals surface area contributed by atoms with Crippen molar-refractivity contribution in [3.63, 3.8) is 0 Å². The van der Waals surface area contributed by atoms with Crippen LogP contribution in [0.25, 0.3) is 11.1 Å². The van der Waals surface area contributed by atoms with Crippen LogP contribution < -0.4 is 20.1 Å². The summed E-state index contributed by atoms with van der Waals surface area (Å²) in [4.78, 5) is 24.3. The lowest BCUT2D eigenvalue weighted by Crippen LogP contribution is -2.38. The summed E-state index contributed by atoms with van der Waals surface area (Å²) in [6.07, 6.45) is -21.0. The number of halogens is 12. The first-order valence-electron chi connectivity index (χ1n) is 16.1. The standard InChI is InChI=1S/C16H16F6NO4PS.C13H12F3NO3.C4H8F3OPS/c1-14(2)12(27-28(3,29)25-8-15(17,18)19)11(13(24)23-14)9-6-4-5-7-10(9)26-16(20,21)22;1-12(2)10(18)9(11(19)17-12)7-5-3-4-6-8(7)20-13(14,15)16;1-9(2,10)8-3-4(5,6)7/h4-7H,8H2,1-3H3,(H,23,24);3-6,18H,1-2H3,(H,17,19);3H2,1-2H3. The van der Waals surface area contributed by atoms with Gasteiger partial charge in [-0.2, -0.15) is 26.3 Å². The Balaban J connectivity index is 0.000000344. The Hall–Kier alpha value is -3.56. The molecule has 59 heavy (non-hydrogen) atoms. The summed E-state index contributed by atoms with van der Waals surface area (Å²) in [6, 6.07) is 9.99. The van der Waals surface area contributed by atoms with E-state index in [1.807, 2.05) is 0 Å². The van der Waals surface area contributed by atoms with Gasteiger partial charge >= 0.3 is 25.1 Å². The first kappa shape index (κ1) is 51.6. The predicted molar refractivity (Wildman–Crippen MR) is 199 cm³/mol. The lowest BCUT2D eigenvalue weighted by molar-refractivity contribution is -0.275. The first-order valence-corrected chi connectivity index (χ1v) is 22.8. The summed E-state index contributed by atoms with van der Waals surface area (Å²) in [7, 11) is 0. The summed E-state index contributed by atoms with van der Waals surface area (Å²) >= 11 is 9.64. The molecule has 0 fully saturated rings. The van der Waals surface area contributed by atoms with E-state index in [0.29, 0.717) is 0 Å². The summed E-state index contributed by atoms with van der Waals surface area (Å²) in [5, 5.41) is 15.0. The molecule has 3 N–H and O–H groups in total. The third kappa shape index (κ3) is 17.1. The number of nitrogens with one attached hydrogen (secondary N) is 2. The van der Waals surface area contributed by atoms with Gasteiger partial charge in [0.05, 0.1) is 28.5 Å². The maximum absolute atomic E-state index is 12.7. The lowest BCUT2D eigenvalue weighted by Gasteiger charge is -2.28. The second-order valence-electron chi connectivity index (χ2n) is 13.6. The molecule has 0 aliphatic carbocycles. The van der Waals surface area contributed by atoms with Crippen LogP contribution in [0.3, 0.4) is 0 Å². The highest BCUT2D eigenvalue weighted by molar-refractivity contribution is 8.11. The minimum absolute atomic E-state index is 0.106. The highest BCUT2D eigenvalue weighted by Gasteiger charge is 2.45. The number of para-hydroxylation sites is 2. The summed E-state index contributed by atoms with van der Waals surface area (Å²) < 4.78 is 169. The van der Waals surface area contributed by atoms with Crippen LogP contribution in [0.5, 0.6) is 11.5 Å². The average Bonchev–Trinajstić information content (AvgIpc) is 3.37. The van der Waals surface area contributed by atoms with Gasteiger partial charge in [-0.15, -0.1) is 26.3 Å². The quantitative estimate of drug-likeness (QED) is 0.157. The molecule has 0 aromatic heterocycles. The van der Waals surface area contributed by atoms with Gasteiger partial charge in [-0.25, -0.2) is 0 Å². The fourth-order valence-electron chi connectivity index (χ4n) is 4.68. The Morgan fingerprint density at radius 2 is 1.00 bits per heavy atom. The van der Waals surface area contributed by atoms with Crippen molar-refractivity contribution in [3.8, 4) is 11.5 Å². The fourth-order valence-corrected chi connectivity index (χ4v) is 6.77. The molecule has 2 aliphatic rings. The SMILES string of the molecule is CC1(C)NC(=O)C(c2ccccc2OC(F)(F)F)=C1O.CC1(C)NC(=O)C(c2ccccc2OC(F)(F)F)=C1OP(C)(=S)OCC(F)(F)F.CP(C)(=S)OCC(F)(F)F. The summed E-state index contributed by atoms with van der Waals surface area (Å²) in [5.41, 5.74) is -3.20. The number of ether oxygens (including phenoxy) is 2. The van der Waals surface area contributed by atoms with E-state index in [-0.39, 0.29) is 33.8 Å². The van der Waals surface area contributed by atoms with Crippen molar-refractivity contribution >= 4 is 59.3 Å². The van der Waals surface area contributed by atoms with E-state index in [4.69, 9.17) is 16.3 Å². The van der Waals surface area contributed by atoms with Crippen LogP contribution in [0.4, 0.5) is 52.7 Å². The molecule has 2 heterocycles. The molecule has 2 aliphatic heterocycles. The van der Waals surface area contributed by atoms with Crippen molar-refractivity contribution in [3.05, 3.63) is 71.2 Å². The Kier molecular flexibility index (Phi) is 16.3. The van der Waals surface area contributed by atoms with E-state index in [9.17, 15) is 67.4 Å². The second kappa shape index (κ2) is 18.6. The van der Waals surface area contributed by atoms with E-state index in [1.54, 1.807) is 13.8 Å². The molecule has 2 aromatic carbocycles. The number of benzene rings is 2. The van der Waals surface area contributed by atoms with Crippen LogP contribution in [-0.2, 0) is 46.8 Å². The Morgan fingerprint density at radius 1 is 0.627 bits per heavy atom. The van der Waals surface area contributed by atoms with Gasteiger partial charge < -0.3 is 38.8 Å². The van der Waals surface area contributed by atoms with Crippen LogP contribution in [0, 0.1) is 0 Å². The Labute approximate surface area is 339 Å². The van der Waals surface area contributed by atoms with Gasteiger partial charge in [0.15, 0.2) is 6.61 Å². The molecule has 0 saturated carbocycles. The molecule has 0 radical (unpaired) electrons. The number of carbonyl (C=O) groups excluding carboxylic acids is 2. The van der Waals surface area contributed by atoms with Crippen molar-refractivity contribution < 1.29 is 90.4 Å². The molecular formula is C33H36F12N2O8P2S2. The fraction of sp³-hybridized carbons (Fsp3) is 0.455. The number of aliphatic hydroxyl groups is 1. The van der Waals surface area contributed by atoms with Crippen LogP contribution in [0.1, 0.15) is 38.8 Å². The maximum Gasteiger partial charge on any atom is 0.573 e. The van der Waals surface area contributed by atoms with Gasteiger partial charge in [-0.1, -0.05) is 48.2 Å². The van der Waals surface area contributed by atoms with Crippen LogP contribution in [0.2, 0.25) is 0 Å². The van der Waals surface area contributed by atoms with Gasteiger partial charge in [0, 0.05) is 17.8 Å². The highest BCUT2D eigenvalue weighted by atomic mass is 32.5. The average molecular weight is 943 g/mol. The molecule has 10 nitrogen and oxygen atoms in total. The number of amides is 2. The molecule has 26 heteroatoms. The molecule has 1 atom stereocenters. The summed E-state index contributed by atoms with van der Waals surface area (Å²) in [5.74, 6) is -3.20. The van der Waals surface area contributed by atoms with E-state index in [1.165, 1.54) is 63.6 Å². The van der Waals surface area contributed by atoms with Gasteiger partial charge in [-0.3, -0.25) is 9.59 Å². The van der Waals surface area contributed by atoms with Crippen LogP contribution in [0.15, 0.2) is 60.0 Å². The van der Waals surface area contributed by atoms with Crippen molar-refractivity contribution in [1.82, 2.24) is 10.6 Å². The number of alkyl halides is 12. The largest absolute Gasteiger partial charge is 0.573 e. The van der Waals surface area contributed by atoms with Gasteiger partial charge in [0.2, 0.25) is 6.49 Å². The van der Waals surface area contributed by atoms with E-state index in [0.717, 1.165) is 18.8 Å². The van der Waals surface area contributed by atoms with E-state index >= 15 is 0 Å². The normalized spacial score (nSPS) is 17.8. The minimum atomic E-state index is -5.03. The summed E-state index contributed by atoms with van der Waals surface area (Å²) in [6.45, 7) is 3.69. The van der Waals surface area contributed by atoms with Crippen molar-refractivity contribution in [1.29, 1.82) is 0 Å². The van der Waals surface area contributed by atoms with Crippen molar-refractivity contribution in [2.45, 2.75) is 63.9 Å². The highest BCUT2D eigenvalue weighted by Crippen LogP contribution is 2.52. The van der Waals surface area contributed by atoms with Crippen molar-refractivity contribution in [2.75, 3.05) is 33.2 Å². The monoisotopic (exact) mass is 942 g/mol. The Morgan fingerprint density at radius 3 is 1.36 bits per heavy atom. The minimum Gasteiger partial charge on any atom is -0.509 e. The topological polar surface area (TPSA) is 125 Å². The molecule has 332 valence electrons. The third-order valence-electron chi connectivity index (χ3n) is 6.95. The van der Waals surface area contributed by atoms with Gasteiger partial charge in [0.25, 0.3) is 11.8 Å². The molecule has 0 spiro atoms. The number of hydrogen-bond acceptors (Lipinski definition) is 10. The van der Waals surface area contributed by atoms with E-state index in [2.05, 4.69) is 41.0 Å². The molecule has 2 amide bonds. The number of carbonyl (C=O) groups is 2. The number of hydrogen-bond donors (Lipinski definition) is 3. The zero-order chi connectivity index (χ0) is 45.8. The number of aliphatic hydroxyl groups excluding tert-OH is 1. The predicted octanol–water partition coefficient (Wildman–Crippen LogP) is 9.72. The number of rotatable bonds is 10. The lowest BCUT2D eigenvalue weighted by atomic mass is 9.99. The molecule has 0 bridgehead atoms. The zero-order valence-corrected chi connectivity index (χ0v) is 35.0. The zero-order valence-electron chi connectivity index (χ0n) is 31.6. The first-order chi connectivity index (χ1) is 26.3. The Bertz CT molecular complexity index is 2030. The molecule has 0 saturated heterocycles. The molecule has 1 unspecified atom stereocenters. The molecule has 4 rings (SSSR count). The second-order valence-corrected chi connectivity index (χ2v) is 22.9. The third-order valence-corrected chi connectivity index (χ3v) is 9.67. The van der Waals surface area contributed by atoms with Crippen LogP contribution >= 0.6 is 12.8 Å². The van der Waals surface area contributed by atoms with Crippen LogP contribution in [-0.4, -0.2) is 86.3 Å². The molecule has 2 aromatic rings. The van der Waals surface area contributed by atoms with Crippen molar-refractivity contribution in [2.24, 2.45) is 0 Å².